The molecular formula is C35H42N6O7. The van der Waals surface area contributed by atoms with E-state index in [4.69, 9.17) is 4.74 Å². The lowest BCUT2D eigenvalue weighted by molar-refractivity contribution is -0.132. The Bertz CT molecular complexity index is 1540. The molecule has 0 spiro atoms. The molecule has 0 aliphatic carbocycles. The van der Waals surface area contributed by atoms with E-state index in [1.165, 1.54) is 13.0 Å². The summed E-state index contributed by atoms with van der Waals surface area (Å²) in [5, 5.41) is 23.5. The van der Waals surface area contributed by atoms with Gasteiger partial charge in [0.1, 0.15) is 30.5 Å². The van der Waals surface area contributed by atoms with Gasteiger partial charge in [-0.05, 0) is 68.0 Å². The first kappa shape index (κ1) is 35.6. The number of benzene rings is 2. The number of aliphatic hydroxyl groups excluding tert-OH is 1. The van der Waals surface area contributed by atoms with Crippen LogP contribution in [0.4, 0.5) is 0 Å². The van der Waals surface area contributed by atoms with E-state index in [1.807, 2.05) is 30.3 Å². The molecule has 13 nitrogen and oxygen atoms in total. The van der Waals surface area contributed by atoms with Gasteiger partial charge in [-0.25, -0.2) is 0 Å². The second kappa shape index (κ2) is 18.1. The Morgan fingerprint density at radius 1 is 0.833 bits per heavy atom. The summed E-state index contributed by atoms with van der Waals surface area (Å²) in [5.74, 6) is -2.39. The van der Waals surface area contributed by atoms with E-state index < -0.39 is 54.4 Å². The first-order valence-corrected chi connectivity index (χ1v) is 16.0. The highest BCUT2D eigenvalue weighted by Crippen LogP contribution is 2.19. The number of ether oxygens (including phenoxy) is 1. The van der Waals surface area contributed by atoms with Gasteiger partial charge in [-0.3, -0.25) is 29.0 Å². The summed E-state index contributed by atoms with van der Waals surface area (Å²) in [6, 6.07) is 15.6. The molecule has 3 aromatic rings. The van der Waals surface area contributed by atoms with Gasteiger partial charge < -0.3 is 36.4 Å². The van der Waals surface area contributed by atoms with Crippen LogP contribution in [0.15, 0.2) is 79.1 Å². The molecule has 1 aliphatic heterocycles. The molecule has 1 aliphatic rings. The summed E-state index contributed by atoms with van der Waals surface area (Å²) in [5.41, 5.74) is 1.92. The summed E-state index contributed by atoms with van der Waals surface area (Å²) in [4.78, 5) is 69.3. The highest BCUT2D eigenvalue weighted by molar-refractivity contribution is 6.00. The molecule has 4 rings (SSSR count). The zero-order valence-corrected chi connectivity index (χ0v) is 26.8. The largest absolute Gasteiger partial charge is 0.491 e. The van der Waals surface area contributed by atoms with Crippen molar-refractivity contribution in [2.75, 3.05) is 19.8 Å². The van der Waals surface area contributed by atoms with Crippen LogP contribution in [0.2, 0.25) is 0 Å². The van der Waals surface area contributed by atoms with Crippen molar-refractivity contribution in [1.29, 1.82) is 0 Å². The van der Waals surface area contributed by atoms with Crippen LogP contribution >= 0.6 is 0 Å². The number of nitrogens with zero attached hydrogens (tertiary/aromatic N) is 1. The summed E-state index contributed by atoms with van der Waals surface area (Å²) >= 11 is 0. The zero-order chi connectivity index (χ0) is 34.3. The first-order valence-electron chi connectivity index (χ1n) is 16.0. The Hall–Kier alpha value is -5.30. The van der Waals surface area contributed by atoms with Crippen molar-refractivity contribution in [2.24, 2.45) is 0 Å². The molecule has 254 valence electrons. The fraction of sp³-hybridized carbons (Fsp3) is 0.371. The predicted molar refractivity (Wildman–Crippen MR) is 177 cm³/mol. The summed E-state index contributed by atoms with van der Waals surface area (Å²) in [6.07, 6.45) is 5.20. The van der Waals surface area contributed by atoms with E-state index in [2.05, 4.69) is 31.6 Å². The summed E-state index contributed by atoms with van der Waals surface area (Å²) < 4.78 is 6.07. The lowest BCUT2D eigenvalue weighted by atomic mass is 10.0. The van der Waals surface area contributed by atoms with Crippen LogP contribution in [0.5, 0.6) is 5.75 Å². The predicted octanol–water partition coefficient (Wildman–Crippen LogP) is 0.811. The number of hydrogen-bond donors (Lipinski definition) is 6. The van der Waals surface area contributed by atoms with Crippen LogP contribution in [-0.2, 0) is 32.0 Å². The van der Waals surface area contributed by atoms with Gasteiger partial charge in [0.25, 0.3) is 5.91 Å². The van der Waals surface area contributed by atoms with Crippen LogP contribution in [0, 0.1) is 0 Å². The molecule has 2 heterocycles. The third-order valence-electron chi connectivity index (χ3n) is 7.79. The maximum atomic E-state index is 13.8. The van der Waals surface area contributed by atoms with Crippen LogP contribution < -0.4 is 31.3 Å². The lowest BCUT2D eigenvalue weighted by Gasteiger charge is -2.26. The van der Waals surface area contributed by atoms with E-state index in [0.29, 0.717) is 25.8 Å². The Morgan fingerprint density at radius 3 is 2.29 bits per heavy atom. The fourth-order valence-corrected chi connectivity index (χ4v) is 5.15. The molecule has 2 aromatic carbocycles. The number of nitrogens with one attached hydrogen (secondary N) is 5. The number of carbonyl (C=O) groups excluding carboxylic acids is 5. The Kier molecular flexibility index (Phi) is 13.4. The maximum Gasteiger partial charge on any atom is 0.255 e. The lowest BCUT2D eigenvalue weighted by Crippen LogP contribution is -2.57. The van der Waals surface area contributed by atoms with Crippen molar-refractivity contribution in [3.05, 3.63) is 95.8 Å². The van der Waals surface area contributed by atoms with Gasteiger partial charge in [-0.2, -0.15) is 0 Å². The number of pyridine rings is 1. The van der Waals surface area contributed by atoms with Crippen molar-refractivity contribution in [3.8, 4) is 5.75 Å². The number of unbranched alkanes of at least 4 members (excludes halogenated alkanes) is 1. The second-order valence-corrected chi connectivity index (χ2v) is 11.6. The van der Waals surface area contributed by atoms with Crippen molar-refractivity contribution in [3.63, 3.8) is 0 Å². The molecule has 6 N–H and O–H groups in total. The molecule has 1 aromatic heterocycles. The van der Waals surface area contributed by atoms with Gasteiger partial charge in [-0.1, -0.05) is 42.5 Å². The normalized spacial score (nSPS) is 20.6. The molecule has 0 radical (unpaired) electrons. The monoisotopic (exact) mass is 658 g/mol. The third kappa shape index (κ3) is 10.9. The Labute approximate surface area is 279 Å². The van der Waals surface area contributed by atoms with E-state index in [-0.39, 0.29) is 36.7 Å². The van der Waals surface area contributed by atoms with E-state index in [0.717, 1.165) is 11.1 Å². The van der Waals surface area contributed by atoms with Crippen LogP contribution in [0.1, 0.15) is 47.7 Å². The SMILES string of the molecule is C[C@@H]1NC(=O)[C@H](CO)NC(=O)c2ccccc2OC[C@H](Cc2ccccc2)NC(=O)[C@H](CCCCNC(=O)Cc2ccncc2)NC1=O. The minimum Gasteiger partial charge on any atom is -0.491 e. The van der Waals surface area contributed by atoms with Gasteiger partial charge in [0.2, 0.25) is 23.6 Å². The fourth-order valence-electron chi connectivity index (χ4n) is 5.15. The number of carbonyl (C=O) groups is 5. The van der Waals surface area contributed by atoms with Crippen molar-refractivity contribution < 1.29 is 33.8 Å². The molecule has 5 amide bonds. The molecule has 0 saturated heterocycles. The van der Waals surface area contributed by atoms with Crippen LogP contribution in [-0.4, -0.2) is 83.6 Å². The van der Waals surface area contributed by atoms with Gasteiger partial charge in [0, 0.05) is 18.9 Å². The minimum absolute atomic E-state index is 0.00454. The molecule has 0 saturated carbocycles. The summed E-state index contributed by atoms with van der Waals surface area (Å²) in [6.45, 7) is 1.12. The molecule has 0 unspecified atom stereocenters. The topological polar surface area (TPSA) is 188 Å². The quantitative estimate of drug-likeness (QED) is 0.173. The average Bonchev–Trinajstić information content (AvgIpc) is 3.09. The van der Waals surface area contributed by atoms with Crippen LogP contribution in [0.25, 0.3) is 0 Å². The van der Waals surface area contributed by atoms with Crippen LogP contribution in [0.3, 0.4) is 0 Å². The van der Waals surface area contributed by atoms with E-state index in [1.54, 1.807) is 42.7 Å². The van der Waals surface area contributed by atoms with Crippen molar-refractivity contribution in [1.82, 2.24) is 31.6 Å². The molecular weight excluding hydrogens is 616 g/mol. The average molecular weight is 659 g/mol. The maximum absolute atomic E-state index is 13.8. The van der Waals surface area contributed by atoms with Gasteiger partial charge in [0.15, 0.2) is 0 Å². The van der Waals surface area contributed by atoms with E-state index >= 15 is 0 Å². The number of fused-ring (bicyclic) bond motifs is 1. The van der Waals surface area contributed by atoms with Gasteiger partial charge in [0.05, 0.1) is 24.6 Å². The second-order valence-electron chi connectivity index (χ2n) is 11.6. The first-order chi connectivity index (χ1) is 23.2. The number of aromatic nitrogens is 1. The van der Waals surface area contributed by atoms with Crippen molar-refractivity contribution >= 4 is 29.5 Å². The number of aliphatic hydroxyl groups is 1. The highest BCUT2D eigenvalue weighted by atomic mass is 16.5. The summed E-state index contributed by atoms with van der Waals surface area (Å²) in [7, 11) is 0. The number of hydrogen-bond acceptors (Lipinski definition) is 8. The van der Waals surface area contributed by atoms with Gasteiger partial charge >= 0.3 is 0 Å². The van der Waals surface area contributed by atoms with E-state index in [9.17, 15) is 29.1 Å². The molecule has 13 heteroatoms. The minimum atomic E-state index is -1.34. The third-order valence-corrected chi connectivity index (χ3v) is 7.79. The Balaban J connectivity index is 1.50. The molecule has 4 atom stereocenters. The van der Waals surface area contributed by atoms with Gasteiger partial charge in [-0.15, -0.1) is 0 Å². The smallest absolute Gasteiger partial charge is 0.255 e. The number of para-hydroxylation sites is 1. The molecule has 0 bridgehead atoms. The molecule has 48 heavy (non-hydrogen) atoms. The number of rotatable bonds is 10. The zero-order valence-electron chi connectivity index (χ0n) is 26.8. The van der Waals surface area contributed by atoms with Crippen molar-refractivity contribution in [2.45, 2.75) is 63.2 Å². The number of amides is 5. The molecule has 0 fully saturated rings. The Morgan fingerprint density at radius 2 is 1.54 bits per heavy atom. The standard InChI is InChI=1S/C35H42N6O7/c1-23-32(44)40-28(12-7-8-16-37-31(43)20-25-14-17-36-18-15-25)34(46)39-26(19-24-9-3-2-4-10-24)22-48-30-13-6-5-11-27(30)33(45)41-29(21-42)35(47)38-23/h2-6,9-11,13-15,17-18,23,26,28-29,42H,7-8,12,16,19-22H2,1H3,(H,37,43)(H,38,47)(H,39,46)(H,40,44)(H,41,45)/t23-,26-,28-,29-/m0/s1. The highest BCUT2D eigenvalue weighted by Gasteiger charge is 2.29.